The first-order valence-corrected chi connectivity index (χ1v) is 13.3. The van der Waals surface area contributed by atoms with Crippen LogP contribution in [0.3, 0.4) is 0 Å². The number of hydrogen-bond acceptors (Lipinski definition) is 6. The van der Waals surface area contributed by atoms with Crippen LogP contribution in [0.4, 0.5) is 11.4 Å². The van der Waals surface area contributed by atoms with Gasteiger partial charge in [0.15, 0.2) is 0 Å². The van der Waals surface area contributed by atoms with Gasteiger partial charge in [-0.25, -0.2) is 8.42 Å². The zero-order valence-corrected chi connectivity index (χ0v) is 20.7. The Hall–Kier alpha value is -2.78. The number of benzene rings is 2. The summed E-state index contributed by atoms with van der Waals surface area (Å²) in [4.78, 5) is 15.5. The highest BCUT2D eigenvalue weighted by atomic mass is 32.2. The van der Waals surface area contributed by atoms with Crippen molar-refractivity contribution in [3.05, 3.63) is 42.0 Å². The van der Waals surface area contributed by atoms with Crippen LogP contribution in [0.5, 0.6) is 11.5 Å². The predicted octanol–water partition coefficient (Wildman–Crippen LogP) is 4.12. The topological polar surface area (TPSA) is 88.2 Å². The Bertz CT molecular complexity index is 1100. The molecule has 4 rings (SSSR count). The molecule has 0 unspecified atom stereocenters. The smallest absolute Gasteiger partial charge is 0.255 e. The maximum Gasteiger partial charge on any atom is 0.255 e. The first-order chi connectivity index (χ1) is 16.4. The Morgan fingerprint density at radius 3 is 2.00 bits per heavy atom. The summed E-state index contributed by atoms with van der Waals surface area (Å²) >= 11 is 0. The van der Waals surface area contributed by atoms with Crippen LogP contribution in [0.15, 0.2) is 41.3 Å². The van der Waals surface area contributed by atoms with E-state index in [1.165, 1.54) is 20.3 Å². The maximum absolute atomic E-state index is 13.7. The van der Waals surface area contributed by atoms with Gasteiger partial charge in [0, 0.05) is 55.6 Å². The summed E-state index contributed by atoms with van der Waals surface area (Å²) < 4.78 is 39.5. The van der Waals surface area contributed by atoms with Crippen molar-refractivity contribution in [2.75, 3.05) is 50.6 Å². The number of carbonyl (C=O) groups excluding carboxylic acids is 1. The number of piperidine rings is 2. The summed E-state index contributed by atoms with van der Waals surface area (Å²) in [6.07, 6.45) is 5.96. The number of rotatable bonds is 7. The minimum Gasteiger partial charge on any atom is -0.497 e. The molecule has 2 aliphatic rings. The summed E-state index contributed by atoms with van der Waals surface area (Å²) in [6.45, 7) is 2.67. The Morgan fingerprint density at radius 2 is 1.41 bits per heavy atom. The minimum absolute atomic E-state index is 0.215. The third-order valence-electron chi connectivity index (χ3n) is 6.46. The molecule has 0 bridgehead atoms. The molecule has 2 aromatic rings. The molecule has 0 spiro atoms. The minimum atomic E-state index is -3.72. The monoisotopic (exact) mass is 487 g/mol. The number of carbonyl (C=O) groups is 1. The van der Waals surface area contributed by atoms with Gasteiger partial charge < -0.3 is 19.7 Å². The third kappa shape index (κ3) is 5.31. The molecule has 0 saturated carbocycles. The second-order valence-corrected chi connectivity index (χ2v) is 10.7. The van der Waals surface area contributed by atoms with Crippen molar-refractivity contribution in [1.82, 2.24) is 4.31 Å². The van der Waals surface area contributed by atoms with Crippen LogP contribution >= 0.6 is 0 Å². The van der Waals surface area contributed by atoms with E-state index in [1.54, 1.807) is 34.6 Å². The first kappa shape index (κ1) is 24.3. The third-order valence-corrected chi connectivity index (χ3v) is 8.39. The van der Waals surface area contributed by atoms with Crippen molar-refractivity contribution in [2.24, 2.45) is 0 Å². The average molecular weight is 488 g/mol. The number of sulfonamides is 1. The fourth-order valence-corrected chi connectivity index (χ4v) is 6.34. The number of methoxy groups -OCH3 is 2. The van der Waals surface area contributed by atoms with E-state index in [4.69, 9.17) is 9.47 Å². The second kappa shape index (κ2) is 10.7. The molecule has 0 aliphatic carbocycles. The summed E-state index contributed by atoms with van der Waals surface area (Å²) in [6, 6.07) is 10.1. The van der Waals surface area contributed by atoms with Gasteiger partial charge in [-0.1, -0.05) is 6.42 Å². The fourth-order valence-electron chi connectivity index (χ4n) is 4.59. The van der Waals surface area contributed by atoms with Crippen LogP contribution in [-0.2, 0) is 10.0 Å². The van der Waals surface area contributed by atoms with E-state index in [1.807, 2.05) is 0 Å². The lowest BCUT2D eigenvalue weighted by Gasteiger charge is -2.33. The standard InChI is InChI=1S/C25H33N3O5S/c1-32-21-16-20(17-22(18-21)33-2)26-25(29)19-9-10-23(27-11-5-3-6-12-27)24(15-19)34(30,31)28-13-7-4-8-14-28/h9-10,15-18H,3-8,11-14H2,1-2H3,(H,26,29). The second-order valence-electron chi connectivity index (χ2n) is 8.75. The van der Waals surface area contributed by atoms with E-state index in [9.17, 15) is 13.2 Å². The van der Waals surface area contributed by atoms with Gasteiger partial charge in [0.25, 0.3) is 5.91 Å². The quantitative estimate of drug-likeness (QED) is 0.632. The molecule has 2 heterocycles. The van der Waals surface area contributed by atoms with Gasteiger partial charge >= 0.3 is 0 Å². The van der Waals surface area contributed by atoms with Crippen LogP contribution < -0.4 is 19.7 Å². The number of amides is 1. The van der Waals surface area contributed by atoms with E-state index in [0.29, 0.717) is 36.0 Å². The highest BCUT2D eigenvalue weighted by molar-refractivity contribution is 7.89. The first-order valence-electron chi connectivity index (χ1n) is 11.9. The molecule has 2 aromatic carbocycles. The van der Waals surface area contributed by atoms with Crippen LogP contribution in [0.2, 0.25) is 0 Å². The van der Waals surface area contributed by atoms with E-state index in [0.717, 1.165) is 51.6 Å². The summed E-state index contributed by atoms with van der Waals surface area (Å²) in [5.41, 5.74) is 1.48. The highest BCUT2D eigenvalue weighted by Gasteiger charge is 2.31. The molecule has 2 saturated heterocycles. The molecule has 2 fully saturated rings. The van der Waals surface area contributed by atoms with Crippen LogP contribution in [0.25, 0.3) is 0 Å². The van der Waals surface area contributed by atoms with Gasteiger partial charge in [0.1, 0.15) is 16.4 Å². The molecule has 2 aliphatic heterocycles. The molecule has 0 radical (unpaired) electrons. The predicted molar refractivity (Wildman–Crippen MR) is 133 cm³/mol. The molecule has 184 valence electrons. The summed E-state index contributed by atoms with van der Waals surface area (Å²) in [7, 11) is -0.642. The molecule has 1 N–H and O–H groups in total. The summed E-state index contributed by atoms with van der Waals surface area (Å²) in [5, 5.41) is 2.84. The Morgan fingerprint density at radius 1 is 0.824 bits per heavy atom. The molecule has 8 nitrogen and oxygen atoms in total. The molecular formula is C25H33N3O5S. The van der Waals surface area contributed by atoms with E-state index < -0.39 is 15.9 Å². The fraction of sp³-hybridized carbons (Fsp3) is 0.480. The molecule has 0 aromatic heterocycles. The van der Waals surface area contributed by atoms with Gasteiger partial charge in [0.05, 0.1) is 19.9 Å². The van der Waals surface area contributed by atoms with E-state index in [-0.39, 0.29) is 10.5 Å². The lowest BCUT2D eigenvalue weighted by Crippen LogP contribution is -2.37. The normalized spacial score (nSPS) is 17.3. The number of hydrogen-bond donors (Lipinski definition) is 1. The molecule has 1 amide bonds. The lowest BCUT2D eigenvalue weighted by atomic mass is 10.1. The van der Waals surface area contributed by atoms with Crippen molar-refractivity contribution in [3.8, 4) is 11.5 Å². The lowest BCUT2D eigenvalue weighted by molar-refractivity contribution is 0.102. The zero-order chi connectivity index (χ0) is 24.1. The van der Waals surface area contributed by atoms with Gasteiger partial charge in [-0.05, 0) is 50.3 Å². The zero-order valence-electron chi connectivity index (χ0n) is 19.9. The van der Waals surface area contributed by atoms with Crippen LogP contribution in [0.1, 0.15) is 48.9 Å². The molecule has 9 heteroatoms. The van der Waals surface area contributed by atoms with Crippen molar-refractivity contribution in [1.29, 1.82) is 0 Å². The van der Waals surface area contributed by atoms with Gasteiger partial charge in [-0.3, -0.25) is 4.79 Å². The highest BCUT2D eigenvalue weighted by Crippen LogP contribution is 2.33. The molecule has 0 atom stereocenters. The Kier molecular flexibility index (Phi) is 7.63. The average Bonchev–Trinajstić information content (AvgIpc) is 2.89. The van der Waals surface area contributed by atoms with Crippen molar-refractivity contribution >= 4 is 27.3 Å². The van der Waals surface area contributed by atoms with Gasteiger partial charge in [-0.15, -0.1) is 0 Å². The van der Waals surface area contributed by atoms with Gasteiger partial charge in [0.2, 0.25) is 10.0 Å². The largest absolute Gasteiger partial charge is 0.497 e. The number of nitrogens with zero attached hydrogens (tertiary/aromatic N) is 2. The maximum atomic E-state index is 13.7. The summed E-state index contributed by atoms with van der Waals surface area (Å²) in [5.74, 6) is 0.697. The number of nitrogens with one attached hydrogen (secondary N) is 1. The van der Waals surface area contributed by atoms with Crippen LogP contribution in [-0.4, -0.2) is 59.0 Å². The van der Waals surface area contributed by atoms with Crippen molar-refractivity contribution in [3.63, 3.8) is 0 Å². The van der Waals surface area contributed by atoms with E-state index >= 15 is 0 Å². The number of ether oxygens (including phenoxy) is 2. The van der Waals surface area contributed by atoms with Crippen LogP contribution in [0, 0.1) is 0 Å². The Balaban J connectivity index is 1.68. The molecule has 34 heavy (non-hydrogen) atoms. The van der Waals surface area contributed by atoms with E-state index in [2.05, 4.69) is 10.2 Å². The van der Waals surface area contributed by atoms with Crippen molar-refractivity contribution in [2.45, 2.75) is 43.4 Å². The van der Waals surface area contributed by atoms with Gasteiger partial charge in [-0.2, -0.15) is 4.31 Å². The SMILES string of the molecule is COc1cc(NC(=O)c2ccc(N3CCCCC3)c(S(=O)(=O)N3CCCCC3)c2)cc(OC)c1. The number of anilines is 2. The Labute approximate surface area is 201 Å². The molecular weight excluding hydrogens is 454 g/mol. The van der Waals surface area contributed by atoms with Crippen molar-refractivity contribution < 1.29 is 22.7 Å².